The fourth-order valence-corrected chi connectivity index (χ4v) is 4.48. The number of amides is 1. The highest BCUT2D eigenvalue weighted by molar-refractivity contribution is 8.03. The summed E-state index contributed by atoms with van der Waals surface area (Å²) in [6.07, 6.45) is 9.12. The van der Waals surface area contributed by atoms with Crippen molar-refractivity contribution in [2.45, 2.75) is 37.2 Å². The molecular formula is C15H17N3O3S. The van der Waals surface area contributed by atoms with Crippen LogP contribution in [0.25, 0.3) is 0 Å². The molecule has 2 N–H and O–H groups in total. The Morgan fingerprint density at radius 3 is 3.09 bits per heavy atom. The van der Waals surface area contributed by atoms with E-state index in [2.05, 4.69) is 16.4 Å². The van der Waals surface area contributed by atoms with Gasteiger partial charge >= 0.3 is 5.97 Å². The lowest BCUT2D eigenvalue weighted by atomic mass is 10.0. The van der Waals surface area contributed by atoms with E-state index >= 15 is 0 Å². The molecule has 4 heterocycles. The minimum atomic E-state index is -1.05. The number of carboxylic acids is 1. The van der Waals surface area contributed by atoms with Crippen LogP contribution in [-0.2, 0) is 9.59 Å². The maximum atomic E-state index is 12.2. The van der Waals surface area contributed by atoms with Crippen LogP contribution in [-0.4, -0.2) is 44.9 Å². The first-order valence-electron chi connectivity index (χ1n) is 7.53. The first-order valence-corrected chi connectivity index (χ1v) is 8.47. The summed E-state index contributed by atoms with van der Waals surface area (Å²) in [5, 5.41) is 13.9. The Labute approximate surface area is 132 Å². The standard InChI is InChI=1S/C15H17N3O3S/c19-13-10(14-18(13)11(8-22-14)15(20)21)6-9-7-17-5-3-1-2-4-12(17)16-9/h6-8,12,14,16H,1-5H2,(H,20,21)/b10-6-. The van der Waals surface area contributed by atoms with Crippen molar-refractivity contribution in [1.29, 1.82) is 0 Å². The average molecular weight is 319 g/mol. The summed E-state index contributed by atoms with van der Waals surface area (Å²) < 4.78 is 0. The van der Waals surface area contributed by atoms with Crippen molar-refractivity contribution in [2.24, 2.45) is 0 Å². The van der Waals surface area contributed by atoms with Crippen LogP contribution in [0.15, 0.2) is 34.7 Å². The van der Waals surface area contributed by atoms with Gasteiger partial charge in [0.2, 0.25) is 0 Å². The highest BCUT2D eigenvalue weighted by Crippen LogP contribution is 2.44. The van der Waals surface area contributed by atoms with E-state index in [9.17, 15) is 9.59 Å². The van der Waals surface area contributed by atoms with Gasteiger partial charge in [-0.15, -0.1) is 11.8 Å². The van der Waals surface area contributed by atoms with E-state index in [1.54, 1.807) is 5.41 Å². The van der Waals surface area contributed by atoms with Crippen LogP contribution in [0.4, 0.5) is 0 Å². The minimum Gasteiger partial charge on any atom is -0.477 e. The minimum absolute atomic E-state index is 0.0828. The molecule has 2 saturated heterocycles. The van der Waals surface area contributed by atoms with Gasteiger partial charge in [0.05, 0.1) is 17.4 Å². The zero-order valence-corrected chi connectivity index (χ0v) is 12.8. The Hall–Kier alpha value is -1.89. The molecule has 0 bridgehead atoms. The van der Waals surface area contributed by atoms with Crippen molar-refractivity contribution < 1.29 is 14.7 Å². The number of β-lactam (4-membered cyclic amide) rings is 1. The third kappa shape index (κ3) is 2.03. The van der Waals surface area contributed by atoms with Gasteiger partial charge in [-0.25, -0.2) is 4.79 Å². The predicted molar refractivity (Wildman–Crippen MR) is 82.2 cm³/mol. The molecule has 0 aliphatic carbocycles. The molecule has 0 aromatic rings. The number of hydrogen-bond acceptors (Lipinski definition) is 5. The second-order valence-corrected chi connectivity index (χ2v) is 6.86. The third-order valence-corrected chi connectivity index (χ3v) is 5.58. The summed E-state index contributed by atoms with van der Waals surface area (Å²) in [5.41, 5.74) is 1.72. The lowest BCUT2D eigenvalue weighted by Crippen LogP contribution is -2.51. The molecule has 4 rings (SSSR count). The van der Waals surface area contributed by atoms with Crippen LogP contribution >= 0.6 is 11.8 Å². The molecule has 0 aromatic heterocycles. The number of hydrogen-bond donors (Lipinski definition) is 2. The molecule has 4 aliphatic heterocycles. The van der Waals surface area contributed by atoms with Gasteiger partial charge in [0.25, 0.3) is 5.91 Å². The summed E-state index contributed by atoms with van der Waals surface area (Å²) in [4.78, 5) is 26.9. The normalized spacial score (nSPS) is 31.8. The van der Waals surface area contributed by atoms with Crippen LogP contribution in [0, 0.1) is 0 Å². The fourth-order valence-electron chi connectivity index (χ4n) is 3.36. The number of carboxylic acid groups (broad SMARTS) is 1. The molecule has 22 heavy (non-hydrogen) atoms. The van der Waals surface area contributed by atoms with Crippen LogP contribution in [0.2, 0.25) is 0 Å². The Morgan fingerprint density at radius 1 is 1.41 bits per heavy atom. The van der Waals surface area contributed by atoms with E-state index in [4.69, 9.17) is 5.11 Å². The number of nitrogens with zero attached hydrogens (tertiary/aromatic N) is 2. The van der Waals surface area contributed by atoms with Crippen LogP contribution in [0.3, 0.4) is 0 Å². The highest BCUT2D eigenvalue weighted by atomic mass is 32.2. The van der Waals surface area contributed by atoms with Crippen molar-refractivity contribution in [3.8, 4) is 0 Å². The lowest BCUT2D eigenvalue weighted by molar-refractivity contribution is -0.141. The molecule has 116 valence electrons. The number of aliphatic carboxylic acids is 1. The number of thioether (sulfide) groups is 1. The van der Waals surface area contributed by atoms with Gasteiger partial charge in [0.15, 0.2) is 0 Å². The van der Waals surface area contributed by atoms with Crippen LogP contribution in [0.1, 0.15) is 25.7 Å². The molecule has 0 spiro atoms. The van der Waals surface area contributed by atoms with E-state index in [0.29, 0.717) is 11.7 Å². The highest BCUT2D eigenvalue weighted by Gasteiger charge is 2.49. The lowest BCUT2D eigenvalue weighted by Gasteiger charge is -2.37. The maximum Gasteiger partial charge on any atom is 0.353 e. The monoisotopic (exact) mass is 319 g/mol. The van der Waals surface area contributed by atoms with Crippen molar-refractivity contribution in [3.63, 3.8) is 0 Å². The number of nitrogens with one attached hydrogen (secondary N) is 1. The topological polar surface area (TPSA) is 72.9 Å². The van der Waals surface area contributed by atoms with Gasteiger partial charge in [-0.1, -0.05) is 6.42 Å². The summed E-state index contributed by atoms with van der Waals surface area (Å²) in [6, 6.07) is 0. The van der Waals surface area contributed by atoms with E-state index in [-0.39, 0.29) is 17.0 Å². The molecular weight excluding hydrogens is 302 g/mol. The molecule has 0 radical (unpaired) electrons. The number of fused-ring (bicyclic) bond motifs is 2. The molecule has 7 heteroatoms. The molecule has 2 fully saturated rings. The first-order chi connectivity index (χ1) is 10.6. The van der Waals surface area contributed by atoms with Gasteiger partial charge in [0, 0.05) is 18.2 Å². The second-order valence-electron chi connectivity index (χ2n) is 5.90. The predicted octanol–water partition coefficient (Wildman–Crippen LogP) is 1.40. The van der Waals surface area contributed by atoms with E-state index < -0.39 is 5.97 Å². The van der Waals surface area contributed by atoms with Gasteiger partial charge in [0.1, 0.15) is 11.1 Å². The molecule has 4 aliphatic rings. The average Bonchev–Trinajstić information content (AvgIpc) is 3.00. The Morgan fingerprint density at radius 2 is 2.27 bits per heavy atom. The zero-order valence-electron chi connectivity index (χ0n) is 12.0. The zero-order chi connectivity index (χ0) is 15.3. The largest absolute Gasteiger partial charge is 0.477 e. The molecule has 6 nitrogen and oxygen atoms in total. The quantitative estimate of drug-likeness (QED) is 0.592. The summed E-state index contributed by atoms with van der Waals surface area (Å²) in [6.45, 7) is 1.05. The number of allylic oxidation sites excluding steroid dienone is 1. The fraction of sp³-hybridized carbons (Fsp3) is 0.467. The van der Waals surface area contributed by atoms with Gasteiger partial charge in [-0.3, -0.25) is 9.69 Å². The van der Waals surface area contributed by atoms with Crippen molar-refractivity contribution in [3.05, 3.63) is 34.7 Å². The molecule has 0 aromatic carbocycles. The van der Waals surface area contributed by atoms with Gasteiger partial charge in [-0.05, 0) is 25.3 Å². The van der Waals surface area contributed by atoms with E-state index in [1.165, 1.54) is 35.9 Å². The maximum absolute atomic E-state index is 12.2. The Kier molecular flexibility index (Phi) is 3.18. The SMILES string of the molecule is O=C(O)C1=CSC2/C(=C\C3=CN4CCCCCC4N3)C(=O)N12. The van der Waals surface area contributed by atoms with E-state index in [1.807, 2.05) is 6.08 Å². The molecule has 2 atom stereocenters. The Balaban J connectivity index is 1.50. The first kappa shape index (κ1) is 13.8. The number of rotatable bonds is 2. The van der Waals surface area contributed by atoms with Crippen LogP contribution in [0.5, 0.6) is 0 Å². The van der Waals surface area contributed by atoms with Gasteiger partial charge < -0.3 is 15.3 Å². The summed E-state index contributed by atoms with van der Waals surface area (Å²) >= 11 is 1.38. The summed E-state index contributed by atoms with van der Waals surface area (Å²) in [7, 11) is 0. The van der Waals surface area contributed by atoms with Gasteiger partial charge in [-0.2, -0.15) is 0 Å². The second kappa shape index (κ2) is 5.08. The molecule has 2 unspecified atom stereocenters. The molecule has 0 saturated carbocycles. The smallest absolute Gasteiger partial charge is 0.353 e. The van der Waals surface area contributed by atoms with Crippen molar-refractivity contribution in [2.75, 3.05) is 6.54 Å². The van der Waals surface area contributed by atoms with Crippen molar-refractivity contribution in [1.82, 2.24) is 15.1 Å². The van der Waals surface area contributed by atoms with E-state index in [0.717, 1.165) is 18.7 Å². The molecule has 1 amide bonds. The van der Waals surface area contributed by atoms with Crippen LogP contribution < -0.4 is 5.32 Å². The summed E-state index contributed by atoms with van der Waals surface area (Å²) in [5.74, 6) is -1.25. The third-order valence-electron chi connectivity index (χ3n) is 4.50. The number of carbonyl (C=O) groups excluding carboxylic acids is 1. The van der Waals surface area contributed by atoms with Crippen molar-refractivity contribution >= 4 is 23.6 Å². The Bertz CT molecular complexity index is 640. The number of carbonyl (C=O) groups is 2.